The van der Waals surface area contributed by atoms with Gasteiger partial charge in [0.2, 0.25) is 0 Å². The van der Waals surface area contributed by atoms with E-state index in [0.29, 0.717) is 5.92 Å². The number of fused-ring (bicyclic) bond motifs is 1. The second-order valence-corrected chi connectivity index (χ2v) is 7.29. The predicted octanol–water partition coefficient (Wildman–Crippen LogP) is 3.19. The SMILES string of the molecule is CC(C)CNCc1nnc(C2C3CCCCC32)s1. The van der Waals surface area contributed by atoms with Gasteiger partial charge in [-0.2, -0.15) is 0 Å². The van der Waals surface area contributed by atoms with Gasteiger partial charge in [-0.3, -0.25) is 0 Å². The highest BCUT2D eigenvalue weighted by Gasteiger charge is 2.53. The molecule has 0 amide bonds. The summed E-state index contributed by atoms with van der Waals surface area (Å²) in [6, 6.07) is 0. The summed E-state index contributed by atoms with van der Waals surface area (Å²) in [5, 5.41) is 14.7. The van der Waals surface area contributed by atoms with Gasteiger partial charge >= 0.3 is 0 Å². The molecular weight excluding hydrogens is 242 g/mol. The maximum Gasteiger partial charge on any atom is 0.131 e. The molecule has 18 heavy (non-hydrogen) atoms. The van der Waals surface area contributed by atoms with E-state index in [1.807, 2.05) is 11.3 Å². The minimum Gasteiger partial charge on any atom is -0.310 e. The molecular formula is C14H23N3S. The Labute approximate surface area is 113 Å². The van der Waals surface area contributed by atoms with Gasteiger partial charge in [-0.05, 0) is 37.1 Å². The molecule has 2 saturated carbocycles. The van der Waals surface area contributed by atoms with Crippen LogP contribution in [-0.2, 0) is 6.54 Å². The molecule has 2 aliphatic carbocycles. The average molecular weight is 265 g/mol. The fourth-order valence-corrected chi connectivity index (χ4v) is 4.36. The zero-order chi connectivity index (χ0) is 12.5. The van der Waals surface area contributed by atoms with E-state index >= 15 is 0 Å². The summed E-state index contributed by atoms with van der Waals surface area (Å²) in [5.74, 6) is 3.36. The van der Waals surface area contributed by atoms with E-state index in [4.69, 9.17) is 0 Å². The highest BCUT2D eigenvalue weighted by molar-refractivity contribution is 7.11. The first-order valence-electron chi connectivity index (χ1n) is 7.28. The minimum atomic E-state index is 0.698. The van der Waals surface area contributed by atoms with Crippen LogP contribution < -0.4 is 5.32 Å². The molecule has 100 valence electrons. The van der Waals surface area contributed by atoms with Crippen molar-refractivity contribution in [2.75, 3.05) is 6.54 Å². The van der Waals surface area contributed by atoms with Gasteiger partial charge in [0.25, 0.3) is 0 Å². The molecule has 2 atom stereocenters. The Morgan fingerprint density at radius 1 is 1.22 bits per heavy atom. The Kier molecular flexibility index (Phi) is 3.66. The Morgan fingerprint density at radius 3 is 2.61 bits per heavy atom. The Bertz CT molecular complexity index is 389. The standard InChI is InChI=1S/C14H23N3S/c1-9(2)7-15-8-12-16-17-14(18-12)13-10-5-3-4-6-11(10)13/h9-11,13,15H,3-8H2,1-2H3. The molecule has 2 aliphatic rings. The van der Waals surface area contributed by atoms with E-state index in [9.17, 15) is 0 Å². The molecule has 0 aromatic carbocycles. The molecule has 1 N–H and O–H groups in total. The van der Waals surface area contributed by atoms with Crippen LogP contribution in [0.3, 0.4) is 0 Å². The average Bonchev–Trinajstić information content (AvgIpc) is 2.91. The summed E-state index contributed by atoms with van der Waals surface area (Å²) < 4.78 is 0. The monoisotopic (exact) mass is 265 g/mol. The molecule has 0 aliphatic heterocycles. The summed E-state index contributed by atoms with van der Waals surface area (Å²) in [7, 11) is 0. The molecule has 3 rings (SSSR count). The van der Waals surface area contributed by atoms with Crippen LogP contribution in [0, 0.1) is 17.8 Å². The third kappa shape index (κ3) is 2.59. The van der Waals surface area contributed by atoms with Gasteiger partial charge in [0.1, 0.15) is 10.0 Å². The van der Waals surface area contributed by atoms with Gasteiger partial charge in [-0.1, -0.05) is 38.0 Å². The third-order valence-electron chi connectivity index (χ3n) is 4.25. The number of aromatic nitrogens is 2. The van der Waals surface area contributed by atoms with Gasteiger partial charge in [0, 0.05) is 12.5 Å². The van der Waals surface area contributed by atoms with Crippen LogP contribution in [-0.4, -0.2) is 16.7 Å². The summed E-state index contributed by atoms with van der Waals surface area (Å²) in [6.45, 7) is 6.41. The predicted molar refractivity (Wildman–Crippen MR) is 74.6 cm³/mol. The highest BCUT2D eigenvalue weighted by atomic mass is 32.1. The number of hydrogen-bond acceptors (Lipinski definition) is 4. The number of nitrogens with one attached hydrogen (secondary N) is 1. The van der Waals surface area contributed by atoms with Gasteiger partial charge in [0.05, 0.1) is 0 Å². The molecule has 1 aromatic rings. The third-order valence-corrected chi connectivity index (χ3v) is 5.28. The van der Waals surface area contributed by atoms with Gasteiger partial charge in [0.15, 0.2) is 0 Å². The fourth-order valence-electron chi connectivity index (χ4n) is 3.30. The lowest BCUT2D eigenvalue weighted by Gasteiger charge is -2.04. The van der Waals surface area contributed by atoms with Crippen LogP contribution in [0.15, 0.2) is 0 Å². The summed E-state index contributed by atoms with van der Waals surface area (Å²) in [6.07, 6.45) is 5.71. The second kappa shape index (κ2) is 5.25. The number of rotatable bonds is 5. The van der Waals surface area contributed by atoms with Crippen LogP contribution in [0.2, 0.25) is 0 Å². The van der Waals surface area contributed by atoms with Crippen LogP contribution in [0.25, 0.3) is 0 Å². The first-order chi connectivity index (χ1) is 8.75. The smallest absolute Gasteiger partial charge is 0.131 e. The molecule has 4 heteroatoms. The first kappa shape index (κ1) is 12.5. The molecule has 0 radical (unpaired) electrons. The fraction of sp³-hybridized carbons (Fsp3) is 0.857. The van der Waals surface area contributed by atoms with Crippen LogP contribution in [0.4, 0.5) is 0 Å². The van der Waals surface area contributed by atoms with Gasteiger partial charge in [-0.15, -0.1) is 10.2 Å². The molecule has 3 nitrogen and oxygen atoms in total. The minimum absolute atomic E-state index is 0.698. The quantitative estimate of drug-likeness (QED) is 0.888. The van der Waals surface area contributed by atoms with Crippen LogP contribution in [0.5, 0.6) is 0 Å². The lowest BCUT2D eigenvalue weighted by molar-refractivity contribution is 0.480. The van der Waals surface area contributed by atoms with Crippen molar-refractivity contribution in [2.24, 2.45) is 17.8 Å². The van der Waals surface area contributed by atoms with Crippen molar-refractivity contribution in [1.29, 1.82) is 0 Å². The molecule has 0 saturated heterocycles. The van der Waals surface area contributed by atoms with E-state index in [2.05, 4.69) is 29.4 Å². The highest BCUT2D eigenvalue weighted by Crippen LogP contribution is 2.61. The van der Waals surface area contributed by atoms with Gasteiger partial charge in [-0.25, -0.2) is 0 Å². The van der Waals surface area contributed by atoms with Crippen LogP contribution >= 0.6 is 11.3 Å². The molecule has 1 heterocycles. The lowest BCUT2D eigenvalue weighted by atomic mass is 10.0. The maximum atomic E-state index is 4.43. The zero-order valence-electron chi connectivity index (χ0n) is 11.4. The molecule has 2 fully saturated rings. The summed E-state index contributed by atoms with van der Waals surface area (Å²) in [5.41, 5.74) is 0. The van der Waals surface area contributed by atoms with E-state index in [1.54, 1.807) is 0 Å². The maximum absolute atomic E-state index is 4.43. The zero-order valence-corrected chi connectivity index (χ0v) is 12.2. The number of hydrogen-bond donors (Lipinski definition) is 1. The second-order valence-electron chi connectivity index (χ2n) is 6.20. The van der Waals surface area contributed by atoms with Crippen molar-refractivity contribution in [3.63, 3.8) is 0 Å². The molecule has 0 bridgehead atoms. The van der Waals surface area contributed by atoms with E-state index < -0.39 is 0 Å². The van der Waals surface area contributed by atoms with Crippen molar-refractivity contribution in [1.82, 2.24) is 15.5 Å². The number of nitrogens with zero attached hydrogens (tertiary/aromatic N) is 2. The Hall–Kier alpha value is -0.480. The van der Waals surface area contributed by atoms with Crippen molar-refractivity contribution in [3.8, 4) is 0 Å². The topological polar surface area (TPSA) is 37.8 Å². The van der Waals surface area contributed by atoms with Crippen LogP contribution in [0.1, 0.15) is 55.5 Å². The Morgan fingerprint density at radius 2 is 1.94 bits per heavy atom. The summed E-state index contributed by atoms with van der Waals surface area (Å²) >= 11 is 1.84. The first-order valence-corrected chi connectivity index (χ1v) is 8.10. The van der Waals surface area contributed by atoms with Crippen molar-refractivity contribution in [3.05, 3.63) is 10.0 Å². The molecule has 1 aromatic heterocycles. The van der Waals surface area contributed by atoms with Crippen molar-refractivity contribution >= 4 is 11.3 Å². The van der Waals surface area contributed by atoms with Crippen molar-refractivity contribution < 1.29 is 0 Å². The van der Waals surface area contributed by atoms with Crippen molar-refractivity contribution in [2.45, 2.75) is 52.0 Å². The van der Waals surface area contributed by atoms with E-state index in [-0.39, 0.29) is 0 Å². The van der Waals surface area contributed by atoms with E-state index in [0.717, 1.165) is 35.9 Å². The van der Waals surface area contributed by atoms with E-state index in [1.165, 1.54) is 30.7 Å². The normalized spacial score (nSPS) is 30.5. The largest absolute Gasteiger partial charge is 0.310 e. The molecule has 0 spiro atoms. The Balaban J connectivity index is 1.54. The molecule has 2 unspecified atom stereocenters. The van der Waals surface area contributed by atoms with Gasteiger partial charge < -0.3 is 5.32 Å². The lowest BCUT2D eigenvalue weighted by Crippen LogP contribution is -2.18. The summed E-state index contributed by atoms with van der Waals surface area (Å²) in [4.78, 5) is 0.